The highest BCUT2D eigenvalue weighted by Crippen LogP contribution is 2.40. The number of hydrogen-bond donors (Lipinski definition) is 0. The molecule has 0 atom stereocenters. The molecule has 0 fully saturated rings. The molecule has 4 heteroatoms. The fraction of sp³-hybridized carbons (Fsp3) is 0.100. The summed E-state index contributed by atoms with van der Waals surface area (Å²) in [4.78, 5) is 7.00. The van der Waals surface area contributed by atoms with E-state index in [1.807, 2.05) is 0 Å². The van der Waals surface area contributed by atoms with E-state index in [-0.39, 0.29) is 0 Å². The van der Waals surface area contributed by atoms with E-state index >= 15 is 0 Å². The highest BCUT2D eigenvalue weighted by Gasteiger charge is 2.17. The van der Waals surface area contributed by atoms with Crippen molar-refractivity contribution in [2.45, 2.75) is 34.6 Å². The van der Waals surface area contributed by atoms with Gasteiger partial charge in [-0.3, -0.25) is 0 Å². The van der Waals surface area contributed by atoms with Crippen LogP contribution in [0.2, 0.25) is 0 Å². The summed E-state index contributed by atoms with van der Waals surface area (Å²) in [5.74, 6) is 0. The van der Waals surface area contributed by atoms with Crippen molar-refractivity contribution < 1.29 is 0 Å². The zero-order valence-corrected chi connectivity index (χ0v) is 38.5. The van der Waals surface area contributed by atoms with Crippen molar-refractivity contribution in [1.82, 2.24) is 0 Å². The molecular formula is C60H56N3P. The Balaban J connectivity index is 0.00000142. The molecular weight excluding hydrogens is 794 g/mol. The Morgan fingerprint density at radius 1 is 0.266 bits per heavy atom. The van der Waals surface area contributed by atoms with E-state index in [0.29, 0.717) is 0 Å². The topological polar surface area (TPSA) is 9.72 Å². The molecule has 0 aliphatic rings. The van der Waals surface area contributed by atoms with Crippen molar-refractivity contribution in [2.75, 3.05) is 21.4 Å². The summed E-state index contributed by atoms with van der Waals surface area (Å²) >= 11 is 0. The molecule has 0 radical (unpaired) electrons. The van der Waals surface area contributed by atoms with Gasteiger partial charge in [-0.25, -0.2) is 0 Å². The van der Waals surface area contributed by atoms with Crippen molar-refractivity contribution in [3.63, 3.8) is 0 Å². The normalized spacial score (nSPS) is 11.2. The third-order valence-corrected chi connectivity index (χ3v) is 11.5. The first-order valence-corrected chi connectivity index (χ1v) is 22.7. The van der Waals surface area contributed by atoms with Gasteiger partial charge in [0.25, 0.3) is 0 Å². The summed E-state index contributed by atoms with van der Waals surface area (Å²) in [5, 5.41) is 0. The van der Waals surface area contributed by atoms with Crippen LogP contribution in [-0.4, -0.2) is 9.22 Å². The van der Waals surface area contributed by atoms with Gasteiger partial charge in [-0.05, 0) is 188 Å². The first-order chi connectivity index (χ1) is 32.0. The minimum atomic E-state index is -1.12. The fourth-order valence-corrected chi connectivity index (χ4v) is 8.32. The zero-order chi connectivity index (χ0) is 46.2. The molecule has 64 heavy (non-hydrogen) atoms. The number of rotatable bonds is 11. The van der Waals surface area contributed by atoms with E-state index in [1.54, 1.807) is 6.66 Å². The molecule has 316 valence electrons. The van der Waals surface area contributed by atoms with Crippen LogP contribution in [0.15, 0.2) is 218 Å². The lowest BCUT2D eigenvalue weighted by Gasteiger charge is -2.27. The fourth-order valence-electron chi connectivity index (χ4n) is 8.32. The van der Waals surface area contributed by atoms with Gasteiger partial charge in [0, 0.05) is 51.2 Å². The molecule has 3 nitrogen and oxygen atoms in total. The molecule has 0 saturated carbocycles. The Kier molecular flexibility index (Phi) is 12.7. The number of benzene rings is 9. The van der Waals surface area contributed by atoms with E-state index in [4.69, 9.17) is 2.56 Å². The highest BCUT2D eigenvalue weighted by molar-refractivity contribution is 7.15. The maximum Gasteiger partial charge on any atom is 0.0543 e. The van der Waals surface area contributed by atoms with Gasteiger partial charge in [-0.15, -0.1) is 9.13 Å². The largest absolute Gasteiger partial charge is 0.311 e. The van der Waals surface area contributed by atoms with Crippen molar-refractivity contribution in [2.24, 2.45) is 0 Å². The monoisotopic (exact) mass is 853 g/mol. The molecule has 9 rings (SSSR count). The molecule has 0 saturated heterocycles. The van der Waals surface area contributed by atoms with E-state index in [9.17, 15) is 0 Å². The number of nitrogens with zero attached hydrogens (tertiary/aromatic N) is 3. The lowest BCUT2D eigenvalue weighted by molar-refractivity contribution is 1.26. The molecule has 0 bridgehead atoms. The lowest BCUT2D eigenvalue weighted by atomic mass is 10.0. The average molecular weight is 854 g/mol. The van der Waals surface area contributed by atoms with Crippen molar-refractivity contribution >= 4 is 60.3 Å². The summed E-state index contributed by atoms with van der Waals surface area (Å²) in [5.41, 5.74) is 21.0. The minimum Gasteiger partial charge on any atom is -0.311 e. The maximum atomic E-state index is 6.31. The maximum absolute atomic E-state index is 6.31. The van der Waals surface area contributed by atoms with Crippen LogP contribution in [0.4, 0.5) is 51.2 Å². The first-order valence-electron chi connectivity index (χ1n) is 22.7. The molecule has 0 unspecified atom stereocenters. The Morgan fingerprint density at radius 3 is 0.688 bits per heavy atom. The smallest absolute Gasteiger partial charge is 0.0543 e. The summed E-state index contributed by atoms with van der Waals surface area (Å²) in [7, 11) is -1.12. The predicted molar refractivity (Wildman–Crippen MR) is 281 cm³/mol. The first kappa shape index (κ1) is 40.9. The second kappa shape index (κ2) is 19.9. The van der Waals surface area contributed by atoms with Gasteiger partial charge in [0.2, 0.25) is 0 Å². The van der Waals surface area contributed by atoms with E-state index in [0.717, 1.165) is 51.2 Å². The van der Waals surface area contributed by atoms with Gasteiger partial charge in [0.1, 0.15) is 0 Å². The molecule has 0 amide bonds. The Bertz CT molecular complexity index is 2730. The molecule has 9 aromatic rings. The Morgan fingerprint density at radius 2 is 0.469 bits per heavy atom. The van der Waals surface area contributed by atoms with Gasteiger partial charge in [0.05, 0.1) is 2.56 Å². The molecule has 9 aromatic carbocycles. The summed E-state index contributed by atoms with van der Waals surface area (Å²) in [6, 6.07) is 79.3. The molecule has 0 spiro atoms. The molecule has 0 aliphatic heterocycles. The summed E-state index contributed by atoms with van der Waals surface area (Å²) in [6.07, 6.45) is 0. The van der Waals surface area contributed by atoms with Crippen LogP contribution in [-0.2, 0) is 0 Å². The van der Waals surface area contributed by atoms with E-state index in [2.05, 4.69) is 268 Å². The standard InChI is InChI=1S/C59H51N3.CH5P/c1-42-18-28-51(29-19-42)60(52-30-20-47(21-31-52)49-24-34-54(35-25-49)61(56-14-6-10-43(2)38-56)57-15-7-11-44(3)39-57)53-32-22-48(23-33-53)50-26-36-55(37-27-50)62(58-16-8-12-45(4)40-58)59-17-9-13-46(5)41-59;1-2/h6-41H,1-5H3;2H2,1H3/i;2T2. The lowest BCUT2D eigenvalue weighted by Crippen LogP contribution is -2.10. The molecule has 0 N–H and O–H groups in total. The highest BCUT2D eigenvalue weighted by atomic mass is 31.0. The quantitative estimate of drug-likeness (QED) is 0.120. The third-order valence-electron chi connectivity index (χ3n) is 11.5. The minimum absolute atomic E-state index is 1.10. The van der Waals surface area contributed by atoms with Crippen LogP contribution >= 0.6 is 9.13 Å². The zero-order valence-electron chi connectivity index (χ0n) is 39.6. The number of anilines is 9. The van der Waals surface area contributed by atoms with Crippen molar-refractivity contribution in [3.05, 3.63) is 246 Å². The van der Waals surface area contributed by atoms with Crippen LogP contribution < -0.4 is 14.7 Å². The van der Waals surface area contributed by atoms with Crippen LogP contribution in [0.25, 0.3) is 22.3 Å². The van der Waals surface area contributed by atoms with E-state index in [1.165, 1.54) is 50.1 Å². The summed E-state index contributed by atoms with van der Waals surface area (Å²) in [6.45, 7) is 12.3. The van der Waals surface area contributed by atoms with Crippen molar-refractivity contribution in [1.29, 1.82) is 2.56 Å². The van der Waals surface area contributed by atoms with Gasteiger partial charge in [-0.2, -0.15) is 0 Å². The van der Waals surface area contributed by atoms with Gasteiger partial charge in [-0.1, -0.05) is 121 Å². The third kappa shape index (κ3) is 9.87. The second-order valence-electron chi connectivity index (χ2n) is 16.4. The number of hydrogen-bond acceptors (Lipinski definition) is 3. The van der Waals surface area contributed by atoms with Crippen LogP contribution in [0.5, 0.6) is 0 Å². The van der Waals surface area contributed by atoms with Crippen LogP contribution in [0.3, 0.4) is 0 Å². The molecule has 0 aliphatic carbocycles. The van der Waals surface area contributed by atoms with Crippen LogP contribution in [0.1, 0.15) is 27.8 Å². The number of aryl methyl sites for hydroxylation is 5. The Hall–Kier alpha value is -7.19. The van der Waals surface area contributed by atoms with Crippen LogP contribution in [0, 0.1) is 34.6 Å². The average Bonchev–Trinajstić information content (AvgIpc) is 3.31. The Labute approximate surface area is 385 Å². The van der Waals surface area contributed by atoms with E-state index < -0.39 is 9.13 Å². The molecule has 0 aromatic heterocycles. The second-order valence-corrected chi connectivity index (χ2v) is 16.4. The van der Waals surface area contributed by atoms with Gasteiger partial charge in [0.15, 0.2) is 0 Å². The van der Waals surface area contributed by atoms with Gasteiger partial charge >= 0.3 is 0 Å². The predicted octanol–water partition coefficient (Wildman–Crippen LogP) is 17.5. The SMILES string of the molecule is Cc1ccc(N(c2ccc(-c3ccc(N(c4cccc(C)c4)c4cccc(C)c4)cc3)cc2)c2ccc(-c3ccc(N(c4cccc(C)c4)c4cccc(C)c4)cc3)cc2)cc1.[3H]P([3H])C. The summed E-state index contributed by atoms with van der Waals surface area (Å²) < 4.78 is 12.6. The molecule has 0 heterocycles. The van der Waals surface area contributed by atoms with Gasteiger partial charge < -0.3 is 14.7 Å². The van der Waals surface area contributed by atoms with Crippen molar-refractivity contribution in [3.8, 4) is 22.3 Å².